The summed E-state index contributed by atoms with van der Waals surface area (Å²) in [6, 6.07) is 0.523. The second-order valence-corrected chi connectivity index (χ2v) is 4.62. The molecule has 1 rings (SSSR count). The first-order valence-corrected chi connectivity index (χ1v) is 5.24. The summed E-state index contributed by atoms with van der Waals surface area (Å²) in [6.45, 7) is 7.41. The number of hydrogen-bond donors (Lipinski definition) is 2. The summed E-state index contributed by atoms with van der Waals surface area (Å²) in [6.07, 6.45) is 2.47. The quantitative estimate of drug-likeness (QED) is 0.669. The lowest BCUT2D eigenvalue weighted by Crippen LogP contribution is -2.62. The average molecular weight is 185 g/mol. The molecule has 1 saturated heterocycles. The van der Waals surface area contributed by atoms with Gasteiger partial charge in [-0.1, -0.05) is 13.8 Å². The van der Waals surface area contributed by atoms with Crippen LogP contribution in [0.5, 0.6) is 0 Å². The van der Waals surface area contributed by atoms with Crippen molar-refractivity contribution in [2.75, 3.05) is 26.7 Å². The van der Waals surface area contributed by atoms with Crippen molar-refractivity contribution in [1.29, 1.82) is 0 Å². The second-order valence-electron chi connectivity index (χ2n) is 4.62. The van der Waals surface area contributed by atoms with Crippen LogP contribution in [-0.2, 0) is 0 Å². The fourth-order valence-electron chi connectivity index (χ4n) is 2.32. The Labute approximate surface area is 81.7 Å². The predicted octanol–water partition coefficient (Wildman–Crippen LogP) is 0.408. The molecule has 0 amide bonds. The standard InChI is InChI=1S/C10H23N3/c1-9(2)12-10(7-11)5-4-6-13(3)8-10/h9,12H,4-8,11H2,1-3H3. The first kappa shape index (κ1) is 11.0. The minimum absolute atomic E-state index is 0.168. The molecule has 0 aromatic carbocycles. The molecule has 0 spiro atoms. The lowest BCUT2D eigenvalue weighted by molar-refractivity contribution is 0.141. The van der Waals surface area contributed by atoms with Crippen LogP contribution < -0.4 is 11.1 Å². The highest BCUT2D eigenvalue weighted by molar-refractivity contribution is 4.95. The number of rotatable bonds is 3. The van der Waals surface area contributed by atoms with Gasteiger partial charge in [-0.2, -0.15) is 0 Å². The molecule has 3 heteroatoms. The van der Waals surface area contributed by atoms with Crippen molar-refractivity contribution in [2.24, 2.45) is 5.73 Å². The number of nitrogens with two attached hydrogens (primary N) is 1. The van der Waals surface area contributed by atoms with E-state index in [9.17, 15) is 0 Å². The van der Waals surface area contributed by atoms with Gasteiger partial charge in [-0.05, 0) is 26.4 Å². The van der Waals surface area contributed by atoms with Crippen LogP contribution in [0.25, 0.3) is 0 Å². The van der Waals surface area contributed by atoms with Gasteiger partial charge >= 0.3 is 0 Å². The molecule has 1 unspecified atom stereocenters. The van der Waals surface area contributed by atoms with Crippen molar-refractivity contribution in [3.63, 3.8) is 0 Å². The molecule has 0 saturated carbocycles. The van der Waals surface area contributed by atoms with E-state index in [1.807, 2.05) is 0 Å². The Morgan fingerprint density at radius 2 is 2.23 bits per heavy atom. The van der Waals surface area contributed by atoms with Crippen molar-refractivity contribution in [3.8, 4) is 0 Å². The molecule has 0 aromatic heterocycles. The van der Waals surface area contributed by atoms with E-state index < -0.39 is 0 Å². The van der Waals surface area contributed by atoms with E-state index >= 15 is 0 Å². The van der Waals surface area contributed by atoms with Gasteiger partial charge in [0.05, 0.1) is 0 Å². The van der Waals surface area contributed by atoms with E-state index in [0.717, 1.165) is 13.1 Å². The number of nitrogens with one attached hydrogen (secondary N) is 1. The van der Waals surface area contributed by atoms with Crippen LogP contribution in [0.3, 0.4) is 0 Å². The van der Waals surface area contributed by atoms with Crippen LogP contribution in [0.2, 0.25) is 0 Å². The first-order chi connectivity index (χ1) is 6.08. The van der Waals surface area contributed by atoms with Crippen LogP contribution in [0.1, 0.15) is 26.7 Å². The fraction of sp³-hybridized carbons (Fsp3) is 1.00. The lowest BCUT2D eigenvalue weighted by atomic mass is 9.88. The summed E-state index contributed by atoms with van der Waals surface area (Å²) >= 11 is 0. The summed E-state index contributed by atoms with van der Waals surface area (Å²) in [5.74, 6) is 0. The molecule has 0 aromatic rings. The van der Waals surface area contributed by atoms with Crippen molar-refractivity contribution in [2.45, 2.75) is 38.3 Å². The van der Waals surface area contributed by atoms with E-state index in [1.165, 1.54) is 19.4 Å². The molecule has 1 heterocycles. The monoisotopic (exact) mass is 185 g/mol. The highest BCUT2D eigenvalue weighted by Crippen LogP contribution is 2.19. The number of likely N-dealkylation sites (N-methyl/N-ethyl adjacent to an activating group) is 1. The summed E-state index contributed by atoms with van der Waals surface area (Å²) in [7, 11) is 2.17. The van der Waals surface area contributed by atoms with E-state index in [4.69, 9.17) is 5.73 Å². The van der Waals surface area contributed by atoms with E-state index in [0.29, 0.717) is 6.04 Å². The summed E-state index contributed by atoms with van der Waals surface area (Å²) in [4.78, 5) is 2.37. The fourth-order valence-corrected chi connectivity index (χ4v) is 2.32. The van der Waals surface area contributed by atoms with Gasteiger partial charge in [0.2, 0.25) is 0 Å². The topological polar surface area (TPSA) is 41.3 Å². The molecule has 1 fully saturated rings. The summed E-state index contributed by atoms with van der Waals surface area (Å²) in [5.41, 5.74) is 6.03. The number of piperidine rings is 1. The molecule has 78 valence electrons. The van der Waals surface area contributed by atoms with Gasteiger partial charge in [0.15, 0.2) is 0 Å². The van der Waals surface area contributed by atoms with Crippen molar-refractivity contribution >= 4 is 0 Å². The minimum atomic E-state index is 0.168. The Balaban J connectivity index is 2.56. The van der Waals surface area contributed by atoms with Gasteiger partial charge in [-0.25, -0.2) is 0 Å². The van der Waals surface area contributed by atoms with Gasteiger partial charge in [-0.3, -0.25) is 0 Å². The maximum absolute atomic E-state index is 5.86. The van der Waals surface area contributed by atoms with Crippen LogP contribution in [0.15, 0.2) is 0 Å². The highest BCUT2D eigenvalue weighted by atomic mass is 15.2. The number of hydrogen-bond acceptors (Lipinski definition) is 3. The second kappa shape index (κ2) is 4.40. The van der Waals surface area contributed by atoms with Crippen LogP contribution >= 0.6 is 0 Å². The Morgan fingerprint density at radius 3 is 2.69 bits per heavy atom. The zero-order chi connectivity index (χ0) is 9.90. The highest BCUT2D eigenvalue weighted by Gasteiger charge is 2.32. The van der Waals surface area contributed by atoms with Crippen LogP contribution in [0.4, 0.5) is 0 Å². The van der Waals surface area contributed by atoms with Crippen LogP contribution in [0, 0.1) is 0 Å². The SMILES string of the molecule is CC(C)NC1(CN)CCCN(C)C1. The molecule has 0 aliphatic carbocycles. The molecular weight excluding hydrogens is 162 g/mol. The first-order valence-electron chi connectivity index (χ1n) is 5.24. The van der Waals surface area contributed by atoms with Gasteiger partial charge < -0.3 is 16.0 Å². The van der Waals surface area contributed by atoms with Crippen molar-refractivity contribution in [3.05, 3.63) is 0 Å². The van der Waals surface area contributed by atoms with Gasteiger partial charge in [0, 0.05) is 24.7 Å². The molecule has 13 heavy (non-hydrogen) atoms. The minimum Gasteiger partial charge on any atom is -0.329 e. The summed E-state index contributed by atoms with van der Waals surface area (Å²) < 4.78 is 0. The number of nitrogens with zero attached hydrogens (tertiary/aromatic N) is 1. The molecule has 3 N–H and O–H groups in total. The predicted molar refractivity (Wildman–Crippen MR) is 56.8 cm³/mol. The third-order valence-electron chi connectivity index (χ3n) is 2.75. The van der Waals surface area contributed by atoms with Crippen molar-refractivity contribution < 1.29 is 0 Å². The molecule has 1 atom stereocenters. The zero-order valence-electron chi connectivity index (χ0n) is 9.14. The Hall–Kier alpha value is -0.120. The molecule has 1 aliphatic rings. The van der Waals surface area contributed by atoms with Gasteiger partial charge in [0.25, 0.3) is 0 Å². The Morgan fingerprint density at radius 1 is 1.54 bits per heavy atom. The van der Waals surface area contributed by atoms with Gasteiger partial charge in [-0.15, -0.1) is 0 Å². The normalized spacial score (nSPS) is 31.2. The summed E-state index contributed by atoms with van der Waals surface area (Å²) in [5, 5.41) is 3.61. The average Bonchev–Trinajstić information content (AvgIpc) is 2.03. The van der Waals surface area contributed by atoms with Crippen LogP contribution in [-0.4, -0.2) is 43.2 Å². The molecule has 0 bridgehead atoms. The Bertz CT molecular complexity index is 154. The van der Waals surface area contributed by atoms with E-state index in [-0.39, 0.29) is 5.54 Å². The molecule has 0 radical (unpaired) electrons. The third-order valence-corrected chi connectivity index (χ3v) is 2.75. The Kier molecular flexibility index (Phi) is 3.71. The maximum Gasteiger partial charge on any atom is 0.0434 e. The molecule has 1 aliphatic heterocycles. The maximum atomic E-state index is 5.86. The van der Waals surface area contributed by atoms with Crippen molar-refractivity contribution in [1.82, 2.24) is 10.2 Å². The zero-order valence-corrected chi connectivity index (χ0v) is 9.14. The largest absolute Gasteiger partial charge is 0.329 e. The van der Waals surface area contributed by atoms with E-state index in [1.54, 1.807) is 0 Å². The molecular formula is C10H23N3. The molecule has 3 nitrogen and oxygen atoms in total. The van der Waals surface area contributed by atoms with E-state index in [2.05, 4.69) is 31.1 Å². The van der Waals surface area contributed by atoms with Gasteiger partial charge in [0.1, 0.15) is 0 Å². The lowest BCUT2D eigenvalue weighted by Gasteiger charge is -2.42. The smallest absolute Gasteiger partial charge is 0.0434 e. The number of likely N-dealkylation sites (tertiary alicyclic amines) is 1. The third kappa shape index (κ3) is 2.93.